The van der Waals surface area contributed by atoms with Crippen molar-refractivity contribution in [1.29, 1.82) is 0 Å². The van der Waals surface area contributed by atoms with Crippen LogP contribution in [-0.2, 0) is 0 Å². The second-order valence-electron chi connectivity index (χ2n) is 8.26. The maximum atomic E-state index is 5.75. The van der Waals surface area contributed by atoms with Crippen LogP contribution in [0.1, 0.15) is 62.3 Å². The Morgan fingerprint density at radius 3 is 1.54 bits per heavy atom. The Morgan fingerprint density at radius 2 is 1.18 bits per heavy atom. The van der Waals surface area contributed by atoms with Crippen LogP contribution in [0.3, 0.4) is 0 Å². The van der Waals surface area contributed by atoms with Gasteiger partial charge in [0, 0.05) is 29.1 Å². The summed E-state index contributed by atoms with van der Waals surface area (Å²) in [6.07, 6.45) is 1.01. The molecule has 0 saturated carbocycles. The Balaban J connectivity index is 2.54. The van der Waals surface area contributed by atoms with Gasteiger partial charge in [0.05, 0.1) is 14.2 Å². The van der Waals surface area contributed by atoms with Crippen LogP contribution >= 0.6 is 0 Å². The molecule has 0 aromatic heterocycles. The highest BCUT2D eigenvalue weighted by Gasteiger charge is 2.24. The number of rotatable bonds is 9. The SMILES string of the molecule is COc1ccc(C)cc1C(CCN(C(C)C)C(C)C)c1cc(C)ccc1OC. The van der Waals surface area contributed by atoms with Gasteiger partial charge < -0.3 is 9.47 Å². The Labute approximate surface area is 171 Å². The Bertz CT molecular complexity index is 706. The zero-order chi connectivity index (χ0) is 20.8. The zero-order valence-corrected chi connectivity index (χ0v) is 18.9. The minimum absolute atomic E-state index is 0.213. The van der Waals surface area contributed by atoms with Crippen molar-refractivity contribution in [3.8, 4) is 11.5 Å². The minimum atomic E-state index is 0.213. The Morgan fingerprint density at radius 1 is 0.750 bits per heavy atom. The van der Waals surface area contributed by atoms with Crippen molar-refractivity contribution in [2.45, 2.75) is 66.0 Å². The fourth-order valence-corrected chi connectivity index (χ4v) is 4.12. The predicted molar refractivity (Wildman–Crippen MR) is 119 cm³/mol. The van der Waals surface area contributed by atoms with Gasteiger partial charge in [0.25, 0.3) is 0 Å². The van der Waals surface area contributed by atoms with Gasteiger partial charge in [0.2, 0.25) is 0 Å². The highest BCUT2D eigenvalue weighted by molar-refractivity contribution is 5.49. The molecule has 0 amide bonds. The van der Waals surface area contributed by atoms with E-state index in [1.807, 2.05) is 0 Å². The molecule has 2 aromatic carbocycles. The predicted octanol–water partition coefficient (Wildman–Crippen LogP) is 5.96. The van der Waals surface area contributed by atoms with E-state index < -0.39 is 0 Å². The van der Waals surface area contributed by atoms with E-state index in [4.69, 9.17) is 9.47 Å². The van der Waals surface area contributed by atoms with E-state index in [0.29, 0.717) is 12.1 Å². The third-order valence-corrected chi connectivity index (χ3v) is 5.52. The maximum absolute atomic E-state index is 5.75. The highest BCUT2D eigenvalue weighted by atomic mass is 16.5. The molecule has 28 heavy (non-hydrogen) atoms. The first-order valence-electron chi connectivity index (χ1n) is 10.3. The molecule has 0 fully saturated rings. The monoisotopic (exact) mass is 383 g/mol. The van der Waals surface area contributed by atoms with E-state index >= 15 is 0 Å². The van der Waals surface area contributed by atoms with Crippen LogP contribution in [0, 0.1) is 13.8 Å². The van der Waals surface area contributed by atoms with E-state index in [9.17, 15) is 0 Å². The number of hydrogen-bond acceptors (Lipinski definition) is 3. The van der Waals surface area contributed by atoms with Crippen molar-refractivity contribution in [3.63, 3.8) is 0 Å². The summed E-state index contributed by atoms with van der Waals surface area (Å²) in [6, 6.07) is 14.0. The van der Waals surface area contributed by atoms with E-state index in [1.165, 1.54) is 22.3 Å². The summed E-state index contributed by atoms with van der Waals surface area (Å²) < 4.78 is 11.5. The standard InChI is InChI=1S/C25H37NO2/c1-17(2)26(18(3)4)14-13-21(22-15-19(5)9-11-24(22)27-7)23-16-20(6)10-12-25(23)28-8/h9-12,15-18,21H,13-14H2,1-8H3. The quantitative estimate of drug-likeness (QED) is 0.533. The molecule has 2 aromatic rings. The van der Waals surface area contributed by atoms with Crippen molar-refractivity contribution in [2.75, 3.05) is 20.8 Å². The van der Waals surface area contributed by atoms with Crippen molar-refractivity contribution in [2.24, 2.45) is 0 Å². The van der Waals surface area contributed by atoms with Gasteiger partial charge in [-0.3, -0.25) is 4.90 Å². The molecule has 0 aliphatic heterocycles. The molecule has 0 bridgehead atoms. The van der Waals surface area contributed by atoms with Crippen molar-refractivity contribution in [3.05, 3.63) is 58.7 Å². The van der Waals surface area contributed by atoms with Gasteiger partial charge in [0.15, 0.2) is 0 Å². The molecule has 0 spiro atoms. The molecule has 0 aliphatic rings. The molecule has 0 saturated heterocycles. The molecular weight excluding hydrogens is 346 g/mol. The highest BCUT2D eigenvalue weighted by Crippen LogP contribution is 2.40. The molecule has 0 atom stereocenters. The third-order valence-electron chi connectivity index (χ3n) is 5.52. The van der Waals surface area contributed by atoms with Gasteiger partial charge in [-0.05, 0) is 66.6 Å². The molecule has 0 aliphatic carbocycles. The average Bonchev–Trinajstić information content (AvgIpc) is 2.64. The Kier molecular flexibility index (Phi) is 7.94. The third kappa shape index (κ3) is 5.29. The normalized spacial score (nSPS) is 11.7. The lowest BCUT2D eigenvalue weighted by Gasteiger charge is -2.33. The summed E-state index contributed by atoms with van der Waals surface area (Å²) in [4.78, 5) is 2.55. The Hall–Kier alpha value is -2.00. The molecule has 0 radical (unpaired) electrons. The van der Waals surface area contributed by atoms with Crippen LogP contribution in [0.4, 0.5) is 0 Å². The van der Waals surface area contributed by atoms with Gasteiger partial charge in [-0.15, -0.1) is 0 Å². The lowest BCUT2D eigenvalue weighted by molar-refractivity contribution is 0.170. The van der Waals surface area contributed by atoms with Crippen LogP contribution in [0.25, 0.3) is 0 Å². The number of benzene rings is 2. The lowest BCUT2D eigenvalue weighted by atomic mass is 9.85. The van der Waals surface area contributed by atoms with E-state index in [-0.39, 0.29) is 5.92 Å². The van der Waals surface area contributed by atoms with Gasteiger partial charge >= 0.3 is 0 Å². The van der Waals surface area contributed by atoms with Crippen LogP contribution in [0.5, 0.6) is 11.5 Å². The van der Waals surface area contributed by atoms with Crippen LogP contribution in [-0.4, -0.2) is 37.7 Å². The van der Waals surface area contributed by atoms with Crippen molar-refractivity contribution < 1.29 is 9.47 Å². The summed E-state index contributed by atoms with van der Waals surface area (Å²) in [5.74, 6) is 2.10. The van der Waals surface area contributed by atoms with Crippen molar-refractivity contribution in [1.82, 2.24) is 4.90 Å². The van der Waals surface area contributed by atoms with Crippen LogP contribution in [0.2, 0.25) is 0 Å². The zero-order valence-electron chi connectivity index (χ0n) is 18.9. The number of methoxy groups -OCH3 is 2. The fourth-order valence-electron chi connectivity index (χ4n) is 4.12. The molecular formula is C25H37NO2. The van der Waals surface area contributed by atoms with E-state index in [1.54, 1.807) is 14.2 Å². The minimum Gasteiger partial charge on any atom is -0.496 e. The molecule has 154 valence electrons. The summed E-state index contributed by atoms with van der Waals surface area (Å²) in [5, 5.41) is 0. The number of hydrogen-bond donors (Lipinski definition) is 0. The first kappa shape index (κ1) is 22.3. The molecule has 2 rings (SSSR count). The van der Waals surface area contributed by atoms with E-state index in [2.05, 4.69) is 82.8 Å². The molecule has 0 heterocycles. The number of aryl methyl sites for hydroxylation is 2. The number of nitrogens with zero attached hydrogens (tertiary/aromatic N) is 1. The fraction of sp³-hybridized carbons (Fsp3) is 0.520. The van der Waals surface area contributed by atoms with Gasteiger partial charge in [0.1, 0.15) is 11.5 Å². The molecule has 0 N–H and O–H groups in total. The average molecular weight is 384 g/mol. The lowest BCUT2D eigenvalue weighted by Crippen LogP contribution is -2.38. The summed E-state index contributed by atoms with van der Waals surface area (Å²) in [6.45, 7) is 14.4. The smallest absolute Gasteiger partial charge is 0.122 e. The summed E-state index contributed by atoms with van der Waals surface area (Å²) in [7, 11) is 3.51. The van der Waals surface area contributed by atoms with Crippen LogP contribution in [0.15, 0.2) is 36.4 Å². The second-order valence-corrected chi connectivity index (χ2v) is 8.26. The molecule has 3 nitrogen and oxygen atoms in total. The molecule has 3 heteroatoms. The second kappa shape index (κ2) is 9.97. The largest absolute Gasteiger partial charge is 0.496 e. The maximum Gasteiger partial charge on any atom is 0.122 e. The first-order valence-corrected chi connectivity index (χ1v) is 10.3. The number of ether oxygens (including phenoxy) is 2. The molecule has 0 unspecified atom stereocenters. The topological polar surface area (TPSA) is 21.7 Å². The summed E-state index contributed by atoms with van der Waals surface area (Å²) >= 11 is 0. The van der Waals surface area contributed by atoms with Crippen LogP contribution < -0.4 is 9.47 Å². The first-order chi connectivity index (χ1) is 13.3. The van der Waals surface area contributed by atoms with Gasteiger partial charge in [-0.25, -0.2) is 0 Å². The van der Waals surface area contributed by atoms with E-state index in [0.717, 1.165) is 24.5 Å². The summed E-state index contributed by atoms with van der Waals surface area (Å²) in [5.41, 5.74) is 4.96. The van der Waals surface area contributed by atoms with Crippen molar-refractivity contribution >= 4 is 0 Å². The van der Waals surface area contributed by atoms with Gasteiger partial charge in [-0.1, -0.05) is 35.4 Å². The van der Waals surface area contributed by atoms with Gasteiger partial charge in [-0.2, -0.15) is 0 Å².